The van der Waals surface area contributed by atoms with Gasteiger partial charge in [0.15, 0.2) is 11.4 Å². The van der Waals surface area contributed by atoms with E-state index in [-0.39, 0.29) is 35.9 Å². The van der Waals surface area contributed by atoms with Crippen molar-refractivity contribution in [2.24, 2.45) is 5.92 Å². The van der Waals surface area contributed by atoms with E-state index < -0.39 is 6.09 Å². The number of rotatable bonds is 7. The number of carboxylic acid groups (broad SMARTS) is 1. The van der Waals surface area contributed by atoms with Crippen molar-refractivity contribution in [3.63, 3.8) is 0 Å². The van der Waals surface area contributed by atoms with E-state index in [1.807, 2.05) is 44.2 Å². The van der Waals surface area contributed by atoms with E-state index in [4.69, 9.17) is 4.74 Å². The second-order valence-electron chi connectivity index (χ2n) is 8.11. The number of fused-ring (bicyclic) bond motifs is 2. The highest BCUT2D eigenvalue weighted by Crippen LogP contribution is 2.25. The third-order valence-corrected chi connectivity index (χ3v) is 5.20. The predicted octanol–water partition coefficient (Wildman–Crippen LogP) is 4.13. The number of hydrogen-bond donors (Lipinski definition) is 2. The first-order chi connectivity index (χ1) is 15.9. The van der Waals surface area contributed by atoms with Crippen LogP contribution in [0.25, 0.3) is 16.6 Å². The molecule has 170 valence electrons. The molecule has 2 N–H and O–H groups in total. The molecule has 0 aliphatic carbocycles. The van der Waals surface area contributed by atoms with E-state index in [0.717, 1.165) is 10.9 Å². The van der Waals surface area contributed by atoms with Crippen molar-refractivity contribution in [2.45, 2.75) is 20.4 Å². The first-order valence-corrected chi connectivity index (χ1v) is 10.5. The molecule has 9 heteroatoms. The maximum atomic E-state index is 13.5. The smallest absolute Gasteiger partial charge is 0.407 e. The molecule has 3 heterocycles. The topological polar surface area (TPSA) is 109 Å². The number of anilines is 2. The van der Waals surface area contributed by atoms with Gasteiger partial charge in [0, 0.05) is 30.0 Å². The van der Waals surface area contributed by atoms with E-state index >= 15 is 0 Å². The summed E-state index contributed by atoms with van der Waals surface area (Å²) in [5.74, 6) is 0.814. The normalized spacial score (nSPS) is 11.2. The van der Waals surface area contributed by atoms with Crippen LogP contribution in [-0.2, 0) is 6.54 Å². The molecule has 3 aromatic heterocycles. The highest BCUT2D eigenvalue weighted by Gasteiger charge is 2.21. The minimum absolute atomic E-state index is 0.0989. The first-order valence-electron chi connectivity index (χ1n) is 10.5. The third-order valence-electron chi connectivity index (χ3n) is 5.20. The van der Waals surface area contributed by atoms with E-state index in [0.29, 0.717) is 17.1 Å². The summed E-state index contributed by atoms with van der Waals surface area (Å²) in [6.45, 7) is 4.04. The highest BCUT2D eigenvalue weighted by molar-refractivity contribution is 5.83. The van der Waals surface area contributed by atoms with Crippen molar-refractivity contribution in [1.82, 2.24) is 19.3 Å². The van der Waals surface area contributed by atoms with Crippen molar-refractivity contribution in [3.05, 3.63) is 70.8 Å². The first kappa shape index (κ1) is 22.1. The fraction of sp³-hybridized carbons (Fsp3) is 0.250. The molecule has 1 aromatic carbocycles. The van der Waals surface area contributed by atoms with Crippen molar-refractivity contribution < 1.29 is 14.6 Å². The second kappa shape index (κ2) is 9.15. The lowest BCUT2D eigenvalue weighted by molar-refractivity contribution is 0.136. The molecule has 0 unspecified atom stereocenters. The molecule has 4 rings (SSSR count). The van der Waals surface area contributed by atoms with E-state index in [1.165, 1.54) is 16.4 Å². The van der Waals surface area contributed by atoms with Crippen LogP contribution in [0.2, 0.25) is 0 Å². The Labute approximate surface area is 190 Å². The zero-order chi connectivity index (χ0) is 23.5. The van der Waals surface area contributed by atoms with Gasteiger partial charge >= 0.3 is 6.09 Å². The van der Waals surface area contributed by atoms with Crippen molar-refractivity contribution in [1.29, 1.82) is 0 Å². The molecule has 0 spiro atoms. The van der Waals surface area contributed by atoms with Crippen LogP contribution >= 0.6 is 0 Å². The van der Waals surface area contributed by atoms with Crippen LogP contribution in [0.1, 0.15) is 19.4 Å². The molecular weight excluding hydrogens is 422 g/mol. The molecule has 33 heavy (non-hydrogen) atoms. The van der Waals surface area contributed by atoms with Gasteiger partial charge in [0.25, 0.3) is 5.56 Å². The van der Waals surface area contributed by atoms with Gasteiger partial charge in [0.05, 0.1) is 24.7 Å². The van der Waals surface area contributed by atoms with Gasteiger partial charge < -0.3 is 20.1 Å². The third kappa shape index (κ3) is 4.57. The van der Waals surface area contributed by atoms with Gasteiger partial charge in [-0.25, -0.2) is 9.78 Å². The molecule has 0 bridgehead atoms. The van der Waals surface area contributed by atoms with Gasteiger partial charge in [-0.15, -0.1) is 0 Å². The number of ether oxygens (including phenoxy) is 1. The van der Waals surface area contributed by atoms with Crippen molar-refractivity contribution in [2.75, 3.05) is 19.0 Å². The van der Waals surface area contributed by atoms with Crippen LogP contribution in [0.5, 0.6) is 5.75 Å². The maximum Gasteiger partial charge on any atom is 0.407 e. The zero-order valence-electron chi connectivity index (χ0n) is 18.6. The number of nitrogens with zero attached hydrogens (tertiary/aromatic N) is 4. The molecule has 1 amide bonds. The summed E-state index contributed by atoms with van der Waals surface area (Å²) in [4.78, 5) is 35.6. The summed E-state index contributed by atoms with van der Waals surface area (Å²) in [5.41, 5.74) is 1.76. The summed E-state index contributed by atoms with van der Waals surface area (Å²) < 4.78 is 6.77. The van der Waals surface area contributed by atoms with Gasteiger partial charge in [-0.3, -0.25) is 14.2 Å². The summed E-state index contributed by atoms with van der Waals surface area (Å²) in [7, 11) is 1.51. The molecule has 0 aliphatic rings. The molecule has 9 nitrogen and oxygen atoms in total. The fourth-order valence-corrected chi connectivity index (χ4v) is 3.71. The monoisotopic (exact) mass is 447 g/mol. The minimum atomic E-state index is -1.10. The van der Waals surface area contributed by atoms with E-state index in [2.05, 4.69) is 15.3 Å². The number of hydrogen-bond acceptors (Lipinski definition) is 6. The SMILES string of the molecule is COc1cccn2c(=O)c(CN(CC(C)C)C(=O)O)c(Nc3ccc4ncccc4c3)nc12. The summed E-state index contributed by atoms with van der Waals surface area (Å²) in [6, 6.07) is 12.8. The number of carbonyl (C=O) groups is 1. The number of methoxy groups -OCH3 is 1. The molecule has 4 aromatic rings. The Hall–Kier alpha value is -4.14. The second-order valence-corrected chi connectivity index (χ2v) is 8.11. The molecule has 0 fully saturated rings. The Kier molecular flexibility index (Phi) is 6.12. The largest absolute Gasteiger partial charge is 0.493 e. The lowest BCUT2D eigenvalue weighted by Crippen LogP contribution is -2.35. The highest BCUT2D eigenvalue weighted by atomic mass is 16.5. The Balaban J connectivity index is 1.86. The molecule has 0 radical (unpaired) electrons. The number of nitrogens with one attached hydrogen (secondary N) is 1. The standard InChI is InChI=1S/C24H25N5O4/c1-15(2)13-28(24(31)32)14-18-21(26-17-8-9-19-16(12-17)6-4-10-25-19)27-22-20(33-3)7-5-11-29(22)23(18)30/h4-12,15,26H,13-14H2,1-3H3,(H,31,32). The van der Waals surface area contributed by atoms with E-state index in [9.17, 15) is 14.7 Å². The number of pyridine rings is 2. The number of amides is 1. The molecular formula is C24H25N5O4. The Morgan fingerprint density at radius 2 is 2.06 bits per heavy atom. The lowest BCUT2D eigenvalue weighted by Gasteiger charge is -2.22. The maximum absolute atomic E-state index is 13.5. The fourth-order valence-electron chi connectivity index (χ4n) is 3.71. The van der Waals surface area contributed by atoms with Crippen LogP contribution in [0.15, 0.2) is 59.7 Å². The number of benzene rings is 1. The van der Waals surface area contributed by atoms with Crippen LogP contribution in [0, 0.1) is 5.92 Å². The number of aromatic nitrogens is 3. The van der Waals surface area contributed by atoms with Gasteiger partial charge in [0.1, 0.15) is 5.82 Å². The summed E-state index contributed by atoms with van der Waals surface area (Å²) in [5, 5.41) is 13.9. The molecule has 0 aliphatic heterocycles. The average Bonchev–Trinajstić information content (AvgIpc) is 2.80. The van der Waals surface area contributed by atoms with Gasteiger partial charge in [-0.1, -0.05) is 19.9 Å². The van der Waals surface area contributed by atoms with Gasteiger partial charge in [-0.2, -0.15) is 0 Å². The van der Waals surface area contributed by atoms with Crippen LogP contribution in [-0.4, -0.2) is 44.1 Å². The molecule has 0 saturated heterocycles. The van der Waals surface area contributed by atoms with Crippen molar-refractivity contribution in [3.8, 4) is 5.75 Å². The molecule has 0 atom stereocenters. The van der Waals surface area contributed by atoms with Crippen LogP contribution < -0.4 is 15.6 Å². The van der Waals surface area contributed by atoms with Gasteiger partial charge in [-0.05, 0) is 42.3 Å². The summed E-state index contributed by atoms with van der Waals surface area (Å²) >= 11 is 0. The Morgan fingerprint density at radius 3 is 2.79 bits per heavy atom. The Morgan fingerprint density at radius 1 is 1.24 bits per heavy atom. The average molecular weight is 447 g/mol. The van der Waals surface area contributed by atoms with Crippen LogP contribution in [0.4, 0.5) is 16.3 Å². The van der Waals surface area contributed by atoms with E-state index in [1.54, 1.807) is 24.5 Å². The lowest BCUT2D eigenvalue weighted by atomic mass is 10.1. The van der Waals surface area contributed by atoms with Crippen molar-refractivity contribution >= 4 is 34.1 Å². The van der Waals surface area contributed by atoms with Gasteiger partial charge in [0.2, 0.25) is 0 Å². The predicted molar refractivity (Wildman–Crippen MR) is 126 cm³/mol. The quantitative estimate of drug-likeness (QED) is 0.438. The molecule has 0 saturated carbocycles. The zero-order valence-corrected chi connectivity index (χ0v) is 18.6. The summed E-state index contributed by atoms with van der Waals surface area (Å²) in [6.07, 6.45) is 2.22. The Bertz CT molecular complexity index is 1380. The van der Waals surface area contributed by atoms with Crippen LogP contribution in [0.3, 0.4) is 0 Å². The minimum Gasteiger partial charge on any atom is -0.493 e.